The van der Waals surface area contributed by atoms with Crippen molar-refractivity contribution < 1.29 is 13.9 Å². The lowest BCUT2D eigenvalue weighted by molar-refractivity contribution is 0.0343. The fourth-order valence-corrected chi connectivity index (χ4v) is 4.42. The highest BCUT2D eigenvalue weighted by molar-refractivity contribution is 7.19. The summed E-state index contributed by atoms with van der Waals surface area (Å²) in [4.78, 5) is 19.4. The zero-order chi connectivity index (χ0) is 18.8. The van der Waals surface area contributed by atoms with Gasteiger partial charge in [-0.1, -0.05) is 18.2 Å². The number of amides is 1. The van der Waals surface area contributed by atoms with Crippen molar-refractivity contribution in [2.24, 2.45) is 0 Å². The second-order valence-electron chi connectivity index (χ2n) is 6.72. The van der Waals surface area contributed by atoms with Crippen LogP contribution in [0.25, 0.3) is 10.2 Å². The number of carbonyl (C=O) groups excluding carboxylic acids is 1. The molecular weight excluding hydrogens is 365 g/mol. The van der Waals surface area contributed by atoms with Gasteiger partial charge in [-0.05, 0) is 19.1 Å². The largest absolute Gasteiger partial charge is 0.379 e. The fraction of sp³-hybridized carbons (Fsp3) is 0.350. The van der Waals surface area contributed by atoms with Crippen LogP contribution in [0.3, 0.4) is 0 Å². The summed E-state index contributed by atoms with van der Waals surface area (Å²) in [5, 5.41) is 2.79. The number of benzene rings is 1. The number of hydrogen-bond acceptors (Lipinski definition) is 4. The summed E-state index contributed by atoms with van der Waals surface area (Å²) in [7, 11) is 0. The number of fused-ring (bicyclic) bond motifs is 1. The summed E-state index contributed by atoms with van der Waals surface area (Å²) in [6, 6.07) is 8.35. The van der Waals surface area contributed by atoms with Crippen LogP contribution in [-0.2, 0) is 17.8 Å². The van der Waals surface area contributed by atoms with E-state index in [4.69, 9.17) is 4.74 Å². The van der Waals surface area contributed by atoms with Crippen LogP contribution in [-0.4, -0.2) is 42.1 Å². The Bertz CT molecular complexity index is 959. The van der Waals surface area contributed by atoms with Crippen molar-refractivity contribution in [3.8, 4) is 0 Å². The van der Waals surface area contributed by atoms with Gasteiger partial charge in [0.2, 0.25) is 0 Å². The first-order valence-corrected chi connectivity index (χ1v) is 9.86. The van der Waals surface area contributed by atoms with Crippen molar-refractivity contribution in [1.82, 2.24) is 15.2 Å². The second-order valence-corrected chi connectivity index (χ2v) is 7.98. The number of aromatic amines is 1. The Morgan fingerprint density at radius 2 is 2.11 bits per heavy atom. The Balaban J connectivity index is 1.49. The standard InChI is InChI=1S/C20H22FN3O2S/c1-13-15(12-24-6-8-26-9-7-24)19-18(27-13)10-17(23-19)20(25)22-11-14-4-2-3-5-16(14)21/h2-5,10,23H,6-9,11-12H2,1H3,(H,22,25). The number of thiophene rings is 1. The van der Waals surface area contributed by atoms with Gasteiger partial charge in [0.1, 0.15) is 11.5 Å². The molecular formula is C20H22FN3O2S. The molecule has 3 aromatic rings. The van der Waals surface area contributed by atoms with Gasteiger partial charge in [0.05, 0.1) is 23.4 Å². The molecule has 0 unspecified atom stereocenters. The van der Waals surface area contributed by atoms with E-state index in [0.717, 1.165) is 43.1 Å². The highest BCUT2D eigenvalue weighted by Gasteiger charge is 2.19. The average Bonchev–Trinajstić information content (AvgIpc) is 3.21. The van der Waals surface area contributed by atoms with Crippen LogP contribution in [0.1, 0.15) is 26.5 Å². The first kappa shape index (κ1) is 18.2. The maximum atomic E-state index is 13.7. The van der Waals surface area contributed by atoms with Crippen molar-refractivity contribution in [3.63, 3.8) is 0 Å². The van der Waals surface area contributed by atoms with E-state index in [1.807, 2.05) is 6.07 Å². The first-order valence-electron chi connectivity index (χ1n) is 9.04. The molecule has 2 aromatic heterocycles. The minimum absolute atomic E-state index is 0.165. The van der Waals surface area contributed by atoms with Gasteiger partial charge < -0.3 is 15.0 Å². The van der Waals surface area contributed by atoms with E-state index in [0.29, 0.717) is 11.3 Å². The Morgan fingerprint density at radius 3 is 2.89 bits per heavy atom. The molecule has 27 heavy (non-hydrogen) atoms. The average molecular weight is 387 g/mol. The van der Waals surface area contributed by atoms with Crippen LogP contribution < -0.4 is 5.32 Å². The van der Waals surface area contributed by atoms with E-state index in [1.54, 1.807) is 29.5 Å². The zero-order valence-corrected chi connectivity index (χ0v) is 16.0. The highest BCUT2D eigenvalue weighted by atomic mass is 32.1. The molecule has 2 N–H and O–H groups in total. The number of H-pyrrole nitrogens is 1. The van der Waals surface area contributed by atoms with Crippen LogP contribution in [0.2, 0.25) is 0 Å². The number of halogens is 1. The number of rotatable bonds is 5. The van der Waals surface area contributed by atoms with Crippen molar-refractivity contribution >= 4 is 27.5 Å². The number of morpholine rings is 1. The molecule has 1 fully saturated rings. The Hall–Kier alpha value is -2.22. The lowest BCUT2D eigenvalue weighted by atomic mass is 10.2. The summed E-state index contributed by atoms with van der Waals surface area (Å²) in [5.74, 6) is -0.537. The van der Waals surface area contributed by atoms with Gasteiger partial charge in [0.15, 0.2) is 0 Å². The predicted octanol–water partition coefficient (Wildman–Crippen LogP) is 3.44. The van der Waals surface area contributed by atoms with Crippen molar-refractivity contribution in [2.75, 3.05) is 26.3 Å². The molecule has 4 rings (SSSR count). The molecule has 5 nitrogen and oxygen atoms in total. The molecule has 1 aliphatic rings. The van der Waals surface area contributed by atoms with E-state index in [-0.39, 0.29) is 18.3 Å². The van der Waals surface area contributed by atoms with Gasteiger partial charge >= 0.3 is 0 Å². The minimum Gasteiger partial charge on any atom is -0.379 e. The van der Waals surface area contributed by atoms with Crippen LogP contribution in [0, 0.1) is 12.7 Å². The van der Waals surface area contributed by atoms with Crippen LogP contribution in [0.4, 0.5) is 4.39 Å². The number of hydrogen-bond donors (Lipinski definition) is 2. The monoisotopic (exact) mass is 387 g/mol. The maximum absolute atomic E-state index is 13.7. The summed E-state index contributed by atoms with van der Waals surface area (Å²) in [6.07, 6.45) is 0. The molecule has 1 saturated heterocycles. The van der Waals surface area contributed by atoms with Gasteiger partial charge in [-0.2, -0.15) is 0 Å². The lowest BCUT2D eigenvalue weighted by Gasteiger charge is -2.26. The summed E-state index contributed by atoms with van der Waals surface area (Å²) in [6.45, 7) is 6.51. The Kier molecular flexibility index (Phi) is 5.24. The normalized spacial score (nSPS) is 15.3. The lowest BCUT2D eigenvalue weighted by Crippen LogP contribution is -2.35. The molecule has 0 aliphatic carbocycles. The van der Waals surface area contributed by atoms with E-state index >= 15 is 0 Å². The zero-order valence-electron chi connectivity index (χ0n) is 15.2. The number of aryl methyl sites for hydroxylation is 1. The van der Waals surface area contributed by atoms with Crippen molar-refractivity contribution in [2.45, 2.75) is 20.0 Å². The molecule has 0 bridgehead atoms. The summed E-state index contributed by atoms with van der Waals surface area (Å²) >= 11 is 1.69. The SMILES string of the molecule is Cc1sc2cc(C(=O)NCc3ccccc3F)[nH]c2c1CN1CCOCC1. The molecule has 142 valence electrons. The van der Waals surface area contributed by atoms with E-state index in [9.17, 15) is 9.18 Å². The highest BCUT2D eigenvalue weighted by Crippen LogP contribution is 2.32. The molecule has 1 amide bonds. The minimum atomic E-state index is -0.311. The number of carbonyl (C=O) groups is 1. The number of ether oxygens (including phenoxy) is 1. The van der Waals surface area contributed by atoms with Crippen LogP contribution in [0.5, 0.6) is 0 Å². The van der Waals surface area contributed by atoms with E-state index in [1.165, 1.54) is 16.5 Å². The van der Waals surface area contributed by atoms with Crippen molar-refractivity contribution in [3.05, 3.63) is 57.8 Å². The van der Waals surface area contributed by atoms with Gasteiger partial charge in [0.25, 0.3) is 5.91 Å². The molecule has 7 heteroatoms. The Labute approximate surface area is 161 Å². The molecule has 0 saturated carbocycles. The predicted molar refractivity (Wildman–Crippen MR) is 105 cm³/mol. The van der Waals surface area contributed by atoms with Crippen molar-refractivity contribution in [1.29, 1.82) is 0 Å². The van der Waals surface area contributed by atoms with E-state index < -0.39 is 0 Å². The van der Waals surface area contributed by atoms with E-state index in [2.05, 4.69) is 22.1 Å². The number of nitrogens with zero attached hydrogens (tertiary/aromatic N) is 1. The quantitative estimate of drug-likeness (QED) is 0.705. The van der Waals surface area contributed by atoms with Gasteiger partial charge in [-0.25, -0.2) is 4.39 Å². The smallest absolute Gasteiger partial charge is 0.268 e. The molecule has 3 heterocycles. The van der Waals surface area contributed by atoms with Gasteiger partial charge in [0, 0.05) is 42.2 Å². The van der Waals surface area contributed by atoms with Gasteiger partial charge in [-0.15, -0.1) is 11.3 Å². The van der Waals surface area contributed by atoms with Crippen LogP contribution in [0.15, 0.2) is 30.3 Å². The molecule has 0 spiro atoms. The number of nitrogens with one attached hydrogen (secondary N) is 2. The van der Waals surface area contributed by atoms with Gasteiger partial charge in [-0.3, -0.25) is 9.69 Å². The fourth-order valence-electron chi connectivity index (χ4n) is 3.35. The second kappa shape index (κ2) is 7.80. The molecule has 0 radical (unpaired) electrons. The summed E-state index contributed by atoms with van der Waals surface area (Å²) in [5.41, 5.74) is 3.25. The number of aromatic nitrogens is 1. The topological polar surface area (TPSA) is 57.4 Å². The third kappa shape index (κ3) is 3.90. The molecule has 1 aliphatic heterocycles. The molecule has 1 aromatic carbocycles. The first-order chi connectivity index (χ1) is 13.1. The molecule has 0 atom stereocenters. The van der Waals surface area contributed by atoms with Crippen LogP contribution >= 0.6 is 11.3 Å². The third-order valence-corrected chi connectivity index (χ3v) is 5.99. The Morgan fingerprint density at radius 1 is 1.33 bits per heavy atom. The third-order valence-electron chi connectivity index (χ3n) is 4.90. The maximum Gasteiger partial charge on any atom is 0.268 e. The summed E-state index contributed by atoms with van der Waals surface area (Å²) < 4.78 is 20.2.